The summed E-state index contributed by atoms with van der Waals surface area (Å²) in [6.07, 6.45) is 4.85. The molecule has 138 valence electrons. The maximum atomic E-state index is 12.4. The Morgan fingerprint density at radius 1 is 1.31 bits per heavy atom. The van der Waals surface area contributed by atoms with Crippen molar-refractivity contribution < 1.29 is 14.3 Å². The second-order valence-corrected chi connectivity index (χ2v) is 6.16. The summed E-state index contributed by atoms with van der Waals surface area (Å²) in [5, 5.41) is 0. The molecule has 2 aromatic rings. The molecule has 0 saturated heterocycles. The lowest BCUT2D eigenvalue weighted by Crippen LogP contribution is -2.24. The molecule has 1 aromatic carbocycles. The summed E-state index contributed by atoms with van der Waals surface area (Å²) >= 11 is 0. The molecule has 1 aromatic heterocycles. The first-order chi connectivity index (χ1) is 12.4. The molecule has 1 amide bonds. The number of rotatable bonds is 7. The van der Waals surface area contributed by atoms with Gasteiger partial charge in [0.2, 0.25) is 5.91 Å². The number of pyridine rings is 1. The number of carbonyl (C=O) groups excluding carboxylic acids is 1. The van der Waals surface area contributed by atoms with Crippen LogP contribution in [0.3, 0.4) is 0 Å². The summed E-state index contributed by atoms with van der Waals surface area (Å²) in [6, 6.07) is 9.16. The van der Waals surface area contributed by atoms with E-state index in [0.29, 0.717) is 23.9 Å². The highest BCUT2D eigenvalue weighted by Gasteiger charge is 2.15. The van der Waals surface area contributed by atoms with Gasteiger partial charge in [-0.25, -0.2) is 4.98 Å². The number of methoxy groups -OCH3 is 1. The van der Waals surface area contributed by atoms with Crippen LogP contribution in [0, 0.1) is 0 Å². The molecular weight excluding hydrogens is 330 g/mol. The highest BCUT2D eigenvalue weighted by Crippen LogP contribution is 2.32. The van der Waals surface area contributed by atoms with Crippen molar-refractivity contribution >= 4 is 17.8 Å². The molecule has 0 aliphatic carbocycles. The van der Waals surface area contributed by atoms with Gasteiger partial charge >= 0.3 is 0 Å². The number of benzene rings is 1. The van der Waals surface area contributed by atoms with Crippen LogP contribution in [-0.2, 0) is 11.3 Å². The lowest BCUT2D eigenvalue weighted by molar-refractivity contribution is -0.125. The molecule has 0 unspecified atom stereocenters. The monoisotopic (exact) mass is 355 g/mol. The van der Waals surface area contributed by atoms with E-state index in [1.165, 1.54) is 6.08 Å². The number of nitrogens with two attached hydrogens (primary N) is 1. The van der Waals surface area contributed by atoms with Crippen LogP contribution >= 0.6 is 0 Å². The Morgan fingerprint density at radius 2 is 2.08 bits per heavy atom. The summed E-state index contributed by atoms with van der Waals surface area (Å²) in [7, 11) is 3.34. The number of likely N-dealkylation sites (N-methyl/N-ethyl adjacent to an activating group) is 1. The van der Waals surface area contributed by atoms with Crippen LogP contribution in [-0.4, -0.2) is 36.1 Å². The van der Waals surface area contributed by atoms with Gasteiger partial charge in [0, 0.05) is 31.4 Å². The summed E-state index contributed by atoms with van der Waals surface area (Å²) in [5.41, 5.74) is 7.25. The predicted octanol–water partition coefficient (Wildman–Crippen LogP) is 3.13. The van der Waals surface area contributed by atoms with Crippen molar-refractivity contribution in [2.75, 3.05) is 19.9 Å². The van der Waals surface area contributed by atoms with Crippen molar-refractivity contribution in [1.29, 1.82) is 0 Å². The fourth-order valence-corrected chi connectivity index (χ4v) is 2.36. The molecule has 6 heteroatoms. The van der Waals surface area contributed by atoms with E-state index >= 15 is 0 Å². The number of aromatic nitrogens is 1. The van der Waals surface area contributed by atoms with Crippen molar-refractivity contribution in [2.45, 2.75) is 26.5 Å². The third-order valence-corrected chi connectivity index (χ3v) is 3.65. The van der Waals surface area contributed by atoms with Gasteiger partial charge in [0.15, 0.2) is 11.5 Å². The second-order valence-electron chi connectivity index (χ2n) is 6.16. The Bertz CT molecular complexity index is 770. The minimum atomic E-state index is -0.125. The van der Waals surface area contributed by atoms with Crippen molar-refractivity contribution in [3.8, 4) is 11.5 Å². The van der Waals surface area contributed by atoms with Gasteiger partial charge in [-0.3, -0.25) is 4.79 Å². The molecule has 0 spiro atoms. The fourth-order valence-electron chi connectivity index (χ4n) is 2.36. The number of amides is 1. The number of nitrogen functional groups attached to an aromatic ring is 1. The Labute approximate surface area is 154 Å². The average molecular weight is 355 g/mol. The van der Waals surface area contributed by atoms with Gasteiger partial charge in [0.05, 0.1) is 13.2 Å². The van der Waals surface area contributed by atoms with E-state index in [2.05, 4.69) is 4.98 Å². The molecule has 0 bridgehead atoms. The summed E-state index contributed by atoms with van der Waals surface area (Å²) in [6.45, 7) is 4.31. The number of nitrogens with zero attached hydrogens (tertiary/aromatic N) is 2. The van der Waals surface area contributed by atoms with Gasteiger partial charge in [-0.1, -0.05) is 12.1 Å². The van der Waals surface area contributed by atoms with E-state index in [-0.39, 0.29) is 12.0 Å². The molecule has 0 fully saturated rings. The van der Waals surface area contributed by atoms with Crippen molar-refractivity contribution in [3.63, 3.8) is 0 Å². The number of carbonyl (C=O) groups is 1. The standard InChI is InChI=1S/C20H25N3O3/c1-14(2)26-20-16(6-5-7-17(20)25-4)13-23(3)19(24)11-9-15-8-10-18(21)22-12-15/h5-12,14H,13H2,1-4H3,(H2,21,22)/b11-9+. The molecular formula is C20H25N3O3. The van der Waals surface area contributed by atoms with Crippen molar-refractivity contribution in [1.82, 2.24) is 9.88 Å². The molecule has 0 atom stereocenters. The quantitative estimate of drug-likeness (QED) is 0.772. The zero-order valence-electron chi connectivity index (χ0n) is 15.6. The molecule has 26 heavy (non-hydrogen) atoms. The minimum Gasteiger partial charge on any atom is -0.493 e. The Morgan fingerprint density at radius 3 is 2.69 bits per heavy atom. The Kier molecular flexibility index (Phi) is 6.60. The van der Waals surface area contributed by atoms with E-state index in [9.17, 15) is 4.79 Å². The van der Waals surface area contributed by atoms with Gasteiger partial charge in [-0.05, 0) is 43.7 Å². The molecule has 0 aliphatic rings. The Balaban J connectivity index is 2.12. The van der Waals surface area contributed by atoms with Gasteiger partial charge in [-0.2, -0.15) is 0 Å². The van der Waals surface area contributed by atoms with Crippen molar-refractivity contribution in [3.05, 3.63) is 53.7 Å². The minimum absolute atomic E-state index is 0.00368. The molecule has 6 nitrogen and oxygen atoms in total. The fraction of sp³-hybridized carbons (Fsp3) is 0.300. The normalized spacial score (nSPS) is 11.0. The highest BCUT2D eigenvalue weighted by atomic mass is 16.5. The van der Waals surface area contributed by atoms with Crippen LogP contribution in [0.15, 0.2) is 42.6 Å². The largest absolute Gasteiger partial charge is 0.493 e. The first kappa shape index (κ1) is 19.3. The lowest BCUT2D eigenvalue weighted by Gasteiger charge is -2.21. The molecule has 2 N–H and O–H groups in total. The number of hydrogen-bond acceptors (Lipinski definition) is 5. The Hall–Kier alpha value is -3.02. The van der Waals surface area contributed by atoms with Gasteiger partial charge in [-0.15, -0.1) is 0 Å². The number of para-hydroxylation sites is 1. The summed E-state index contributed by atoms with van der Waals surface area (Å²) in [5.74, 6) is 1.64. The van der Waals surface area contributed by atoms with E-state index in [1.54, 1.807) is 37.4 Å². The van der Waals surface area contributed by atoms with Gasteiger partial charge in [0.1, 0.15) is 5.82 Å². The van der Waals surface area contributed by atoms with Crippen LogP contribution in [0.25, 0.3) is 6.08 Å². The summed E-state index contributed by atoms with van der Waals surface area (Å²) < 4.78 is 11.3. The smallest absolute Gasteiger partial charge is 0.246 e. The van der Waals surface area contributed by atoms with E-state index in [0.717, 1.165) is 11.1 Å². The zero-order valence-corrected chi connectivity index (χ0v) is 15.6. The van der Waals surface area contributed by atoms with Crippen LogP contribution in [0.1, 0.15) is 25.0 Å². The topological polar surface area (TPSA) is 77.7 Å². The van der Waals surface area contributed by atoms with E-state index in [4.69, 9.17) is 15.2 Å². The first-order valence-electron chi connectivity index (χ1n) is 8.38. The highest BCUT2D eigenvalue weighted by molar-refractivity contribution is 5.91. The maximum absolute atomic E-state index is 12.4. The average Bonchev–Trinajstić information content (AvgIpc) is 2.61. The van der Waals surface area contributed by atoms with E-state index < -0.39 is 0 Å². The van der Waals surface area contributed by atoms with Crippen LogP contribution in [0.2, 0.25) is 0 Å². The third-order valence-electron chi connectivity index (χ3n) is 3.65. The first-order valence-corrected chi connectivity index (χ1v) is 8.38. The van der Waals surface area contributed by atoms with Crippen LogP contribution in [0.5, 0.6) is 11.5 Å². The maximum Gasteiger partial charge on any atom is 0.246 e. The number of hydrogen-bond donors (Lipinski definition) is 1. The van der Waals surface area contributed by atoms with Crippen LogP contribution < -0.4 is 15.2 Å². The van der Waals surface area contributed by atoms with Crippen LogP contribution in [0.4, 0.5) is 5.82 Å². The summed E-state index contributed by atoms with van der Waals surface area (Å²) in [4.78, 5) is 18.0. The number of ether oxygens (including phenoxy) is 2. The SMILES string of the molecule is COc1cccc(CN(C)C(=O)/C=C/c2ccc(N)nc2)c1OC(C)C. The molecule has 2 rings (SSSR count). The van der Waals surface area contributed by atoms with E-state index in [1.807, 2.05) is 38.1 Å². The molecule has 0 aliphatic heterocycles. The number of anilines is 1. The van der Waals surface area contributed by atoms with Gasteiger partial charge < -0.3 is 20.1 Å². The zero-order chi connectivity index (χ0) is 19.1. The lowest BCUT2D eigenvalue weighted by atomic mass is 10.1. The molecule has 0 saturated carbocycles. The van der Waals surface area contributed by atoms with Gasteiger partial charge in [0.25, 0.3) is 0 Å². The second kappa shape index (κ2) is 8.89. The van der Waals surface area contributed by atoms with Crippen molar-refractivity contribution in [2.24, 2.45) is 0 Å². The predicted molar refractivity (Wildman–Crippen MR) is 103 cm³/mol. The molecule has 1 heterocycles. The third kappa shape index (κ3) is 5.24. The molecule has 0 radical (unpaired) electrons.